The number of halogens is 2. The largest absolute Gasteiger partial charge is 0.369 e. The summed E-state index contributed by atoms with van der Waals surface area (Å²) in [7, 11) is 0. The summed E-state index contributed by atoms with van der Waals surface area (Å²) in [5.74, 6) is 0.0211. The van der Waals surface area contributed by atoms with Crippen molar-refractivity contribution in [1.29, 1.82) is 0 Å². The van der Waals surface area contributed by atoms with Crippen LogP contribution in [-0.4, -0.2) is 5.96 Å². The Morgan fingerprint density at radius 1 is 1.42 bits per heavy atom. The Hall–Kier alpha value is -0.850. The number of hydrogen-bond acceptors (Lipinski definition) is 1. The van der Waals surface area contributed by atoms with Gasteiger partial charge in [0.25, 0.3) is 0 Å². The fourth-order valence-corrected chi connectivity index (χ4v) is 0.823. The lowest BCUT2D eigenvalue weighted by atomic mass is 10.3. The molecule has 0 aliphatic carbocycles. The highest BCUT2D eigenvalue weighted by Crippen LogP contribution is 2.07. The van der Waals surface area contributed by atoms with Crippen molar-refractivity contribution < 1.29 is 4.39 Å². The molecule has 0 aliphatic rings. The van der Waals surface area contributed by atoms with Gasteiger partial charge in [0, 0.05) is 5.69 Å². The third-order valence-electron chi connectivity index (χ3n) is 1.21. The fraction of sp³-hybridized carbons (Fsp3) is 0. The first-order valence-corrected chi connectivity index (χ1v) is 4.16. The van der Waals surface area contributed by atoms with Gasteiger partial charge in [-0.1, -0.05) is 0 Å². The number of rotatable bonds is 1. The van der Waals surface area contributed by atoms with Crippen LogP contribution in [-0.2, 0) is 0 Å². The molecule has 5 heteroatoms. The molecule has 0 atom stereocenters. The van der Waals surface area contributed by atoms with Crippen molar-refractivity contribution in [3.05, 3.63) is 30.1 Å². The normalized spacial score (nSPS) is 11.3. The summed E-state index contributed by atoms with van der Waals surface area (Å²) in [4.78, 5) is 0. The van der Waals surface area contributed by atoms with E-state index in [9.17, 15) is 4.39 Å². The lowest BCUT2D eigenvalue weighted by Crippen LogP contribution is -2.21. The smallest absolute Gasteiger partial charge is 0.203 e. The Morgan fingerprint density at radius 3 is 2.50 bits per heavy atom. The summed E-state index contributed by atoms with van der Waals surface area (Å²) in [6.07, 6.45) is 0. The maximum Gasteiger partial charge on any atom is 0.203 e. The number of hydrogen-bond donors (Lipinski definition) is 2. The highest BCUT2D eigenvalue weighted by molar-refractivity contribution is 14.1. The van der Waals surface area contributed by atoms with E-state index in [2.05, 4.69) is 8.52 Å². The van der Waals surface area contributed by atoms with E-state index in [1.54, 1.807) is 35.0 Å². The van der Waals surface area contributed by atoms with Gasteiger partial charge in [0.1, 0.15) is 5.82 Å². The van der Waals surface area contributed by atoms with Crippen LogP contribution < -0.4 is 11.1 Å². The van der Waals surface area contributed by atoms with Gasteiger partial charge in [-0.25, -0.2) is 4.39 Å². The van der Waals surface area contributed by atoms with E-state index in [0.29, 0.717) is 11.6 Å². The Kier molecular flexibility index (Phi) is 3.27. The van der Waals surface area contributed by atoms with E-state index >= 15 is 0 Å². The SMILES string of the molecule is NC(=NI)Nc1ccc(F)cc1. The minimum absolute atomic E-state index is 0.273. The van der Waals surface area contributed by atoms with E-state index in [0.717, 1.165) is 0 Å². The molecule has 1 aromatic carbocycles. The summed E-state index contributed by atoms with van der Waals surface area (Å²) in [5.41, 5.74) is 6.10. The Morgan fingerprint density at radius 2 is 2.00 bits per heavy atom. The van der Waals surface area contributed by atoms with Crippen LogP contribution in [0.15, 0.2) is 27.5 Å². The Labute approximate surface area is 83.4 Å². The molecule has 3 N–H and O–H groups in total. The van der Waals surface area contributed by atoms with Crippen LogP contribution in [0, 0.1) is 5.82 Å². The molecule has 3 nitrogen and oxygen atoms in total. The second-order valence-electron chi connectivity index (χ2n) is 2.10. The number of guanidine groups is 1. The molecule has 0 aromatic heterocycles. The average molecular weight is 279 g/mol. The molecule has 0 amide bonds. The van der Waals surface area contributed by atoms with Crippen molar-refractivity contribution in [2.75, 3.05) is 5.32 Å². The molecule has 12 heavy (non-hydrogen) atoms. The van der Waals surface area contributed by atoms with E-state index < -0.39 is 0 Å². The van der Waals surface area contributed by atoms with Crippen molar-refractivity contribution >= 4 is 34.5 Å². The molecule has 0 saturated heterocycles. The lowest BCUT2D eigenvalue weighted by molar-refractivity contribution is 0.628. The quantitative estimate of drug-likeness (QED) is 0.468. The first-order valence-electron chi connectivity index (χ1n) is 3.19. The van der Waals surface area contributed by atoms with E-state index in [1.807, 2.05) is 0 Å². The summed E-state index contributed by atoms with van der Waals surface area (Å²) in [5, 5.41) is 2.77. The standard InChI is InChI=1S/C7H7FIN3/c8-5-1-3-6(4-2-5)11-7(10)12-9/h1-4H,(H3,10,11,12). The highest BCUT2D eigenvalue weighted by atomic mass is 127. The first kappa shape index (κ1) is 9.24. The fourth-order valence-electron chi connectivity index (χ4n) is 0.702. The maximum absolute atomic E-state index is 12.4. The number of nitrogens with one attached hydrogen (secondary N) is 1. The van der Waals surface area contributed by atoms with Gasteiger partial charge < -0.3 is 11.1 Å². The minimum atomic E-state index is -0.273. The van der Waals surface area contributed by atoms with Crippen LogP contribution in [0.1, 0.15) is 0 Å². The van der Waals surface area contributed by atoms with Gasteiger partial charge in [-0.15, -0.1) is 0 Å². The Bertz CT molecular complexity index is 283. The van der Waals surface area contributed by atoms with Gasteiger partial charge >= 0.3 is 0 Å². The molecule has 1 rings (SSSR count). The van der Waals surface area contributed by atoms with Crippen LogP contribution in [0.5, 0.6) is 0 Å². The van der Waals surface area contributed by atoms with Gasteiger partial charge in [0.2, 0.25) is 5.96 Å². The third-order valence-corrected chi connectivity index (χ3v) is 1.73. The molecule has 0 heterocycles. The molecular weight excluding hydrogens is 272 g/mol. The topological polar surface area (TPSA) is 50.4 Å². The second kappa shape index (κ2) is 4.24. The molecular formula is C7H7FIN3. The van der Waals surface area contributed by atoms with Crippen molar-refractivity contribution in [3.8, 4) is 0 Å². The average Bonchev–Trinajstić information content (AvgIpc) is 2.09. The number of benzene rings is 1. The Balaban J connectivity index is 2.71. The molecule has 0 saturated carbocycles. The van der Waals surface area contributed by atoms with Crippen molar-refractivity contribution in [2.45, 2.75) is 0 Å². The second-order valence-corrected chi connectivity index (χ2v) is 2.58. The summed E-state index contributed by atoms with van der Waals surface area (Å²) < 4.78 is 16.1. The summed E-state index contributed by atoms with van der Waals surface area (Å²) >= 11 is 1.77. The number of nitrogens with two attached hydrogens (primary N) is 1. The molecule has 0 unspecified atom stereocenters. The van der Waals surface area contributed by atoms with E-state index in [-0.39, 0.29) is 5.82 Å². The summed E-state index contributed by atoms with van der Waals surface area (Å²) in [6.45, 7) is 0. The predicted molar refractivity (Wildman–Crippen MR) is 55.7 cm³/mol. The van der Waals surface area contributed by atoms with E-state index in [4.69, 9.17) is 5.73 Å². The monoisotopic (exact) mass is 279 g/mol. The molecule has 0 radical (unpaired) electrons. The van der Waals surface area contributed by atoms with Crippen molar-refractivity contribution in [1.82, 2.24) is 0 Å². The molecule has 0 spiro atoms. The van der Waals surface area contributed by atoms with Crippen LogP contribution in [0.4, 0.5) is 10.1 Å². The van der Waals surface area contributed by atoms with Gasteiger partial charge in [-0.2, -0.15) is 3.21 Å². The van der Waals surface area contributed by atoms with Crippen molar-refractivity contribution in [3.63, 3.8) is 0 Å². The predicted octanol–water partition coefficient (Wildman–Crippen LogP) is 1.90. The zero-order valence-corrected chi connectivity index (χ0v) is 8.25. The van der Waals surface area contributed by atoms with Gasteiger partial charge in [-0.3, -0.25) is 0 Å². The van der Waals surface area contributed by atoms with Crippen LogP contribution in [0.3, 0.4) is 0 Å². The van der Waals surface area contributed by atoms with Crippen LogP contribution >= 0.6 is 22.9 Å². The van der Waals surface area contributed by atoms with Crippen LogP contribution in [0.2, 0.25) is 0 Å². The number of anilines is 1. The lowest BCUT2D eigenvalue weighted by Gasteiger charge is -2.02. The molecule has 0 fully saturated rings. The maximum atomic E-state index is 12.4. The molecule has 64 valence electrons. The van der Waals surface area contributed by atoms with Crippen LogP contribution in [0.25, 0.3) is 0 Å². The molecule has 0 aliphatic heterocycles. The molecule has 0 bridgehead atoms. The van der Waals surface area contributed by atoms with Gasteiger partial charge in [0.15, 0.2) is 0 Å². The van der Waals surface area contributed by atoms with Crippen molar-refractivity contribution in [2.24, 2.45) is 8.94 Å². The third kappa shape index (κ3) is 2.65. The first-order chi connectivity index (χ1) is 5.72. The van der Waals surface area contributed by atoms with Gasteiger partial charge in [0.05, 0.1) is 22.9 Å². The van der Waals surface area contributed by atoms with Gasteiger partial charge in [-0.05, 0) is 24.3 Å². The summed E-state index contributed by atoms with van der Waals surface area (Å²) in [6, 6.07) is 5.87. The minimum Gasteiger partial charge on any atom is -0.369 e. The van der Waals surface area contributed by atoms with E-state index in [1.165, 1.54) is 12.1 Å². The number of nitrogens with zero attached hydrogens (tertiary/aromatic N) is 1. The zero-order chi connectivity index (χ0) is 8.97. The highest BCUT2D eigenvalue weighted by Gasteiger charge is 1.93. The molecule has 1 aromatic rings. The zero-order valence-electron chi connectivity index (χ0n) is 6.09.